The highest BCUT2D eigenvalue weighted by atomic mass is 16.5. The number of benzene rings is 1. The lowest BCUT2D eigenvalue weighted by molar-refractivity contribution is 0.394. The van der Waals surface area contributed by atoms with Crippen LogP contribution >= 0.6 is 0 Å². The van der Waals surface area contributed by atoms with Gasteiger partial charge in [0.1, 0.15) is 0 Å². The summed E-state index contributed by atoms with van der Waals surface area (Å²) >= 11 is 0. The van der Waals surface area contributed by atoms with Gasteiger partial charge in [0.15, 0.2) is 5.82 Å². The molecule has 1 saturated carbocycles. The Morgan fingerprint density at radius 1 is 1.15 bits per heavy atom. The second-order valence-corrected chi connectivity index (χ2v) is 5.88. The fourth-order valence-electron chi connectivity index (χ4n) is 3.10. The third-order valence-corrected chi connectivity index (χ3v) is 4.05. The monoisotopic (exact) mass is 271 g/mol. The molecule has 0 saturated heterocycles. The standard InChI is InChI=1S/C16H21N3O/c1-12(2)17-15-18-14(19-20-15)16(10-6-7-11-16)13-8-4-3-5-9-13/h3-5,8-9,12H,6-7,10-11H2,1-2H3,(H,17,18,19). The topological polar surface area (TPSA) is 51.0 Å². The predicted molar refractivity (Wildman–Crippen MR) is 78.7 cm³/mol. The molecule has 3 rings (SSSR count). The van der Waals surface area contributed by atoms with Crippen molar-refractivity contribution in [1.82, 2.24) is 10.1 Å². The minimum Gasteiger partial charge on any atom is -0.336 e. The summed E-state index contributed by atoms with van der Waals surface area (Å²) in [6.45, 7) is 4.12. The number of nitrogens with zero attached hydrogens (tertiary/aromatic N) is 2. The van der Waals surface area contributed by atoms with E-state index in [1.54, 1.807) is 0 Å². The van der Waals surface area contributed by atoms with E-state index in [1.807, 2.05) is 6.07 Å². The fourth-order valence-corrected chi connectivity index (χ4v) is 3.10. The molecule has 4 heteroatoms. The molecule has 4 nitrogen and oxygen atoms in total. The van der Waals surface area contributed by atoms with Gasteiger partial charge in [0.25, 0.3) is 0 Å². The van der Waals surface area contributed by atoms with Gasteiger partial charge >= 0.3 is 6.01 Å². The van der Waals surface area contributed by atoms with E-state index in [4.69, 9.17) is 4.52 Å². The van der Waals surface area contributed by atoms with Crippen molar-refractivity contribution in [1.29, 1.82) is 0 Å². The van der Waals surface area contributed by atoms with Gasteiger partial charge in [-0.2, -0.15) is 4.98 Å². The molecule has 0 bridgehead atoms. The Labute approximate surface area is 119 Å². The van der Waals surface area contributed by atoms with E-state index in [2.05, 4.69) is 53.6 Å². The molecule has 0 spiro atoms. The van der Waals surface area contributed by atoms with Gasteiger partial charge in [0, 0.05) is 6.04 Å². The van der Waals surface area contributed by atoms with Crippen LogP contribution in [-0.4, -0.2) is 16.2 Å². The summed E-state index contributed by atoms with van der Waals surface area (Å²) in [6.07, 6.45) is 4.63. The van der Waals surface area contributed by atoms with Crippen molar-refractivity contribution < 1.29 is 4.52 Å². The highest BCUT2D eigenvalue weighted by Gasteiger charge is 2.41. The van der Waals surface area contributed by atoms with Crippen molar-refractivity contribution in [2.75, 3.05) is 5.32 Å². The van der Waals surface area contributed by atoms with Crippen LogP contribution in [0.15, 0.2) is 34.9 Å². The lowest BCUT2D eigenvalue weighted by Gasteiger charge is -2.25. The van der Waals surface area contributed by atoms with Crippen LogP contribution in [0.25, 0.3) is 0 Å². The van der Waals surface area contributed by atoms with Crippen LogP contribution in [0.3, 0.4) is 0 Å². The van der Waals surface area contributed by atoms with E-state index in [0.717, 1.165) is 18.7 Å². The Kier molecular flexibility index (Phi) is 3.47. The number of aromatic nitrogens is 2. The molecular weight excluding hydrogens is 250 g/mol. The fraction of sp³-hybridized carbons (Fsp3) is 0.500. The quantitative estimate of drug-likeness (QED) is 0.920. The number of anilines is 1. The Bertz CT molecular complexity index is 556. The number of rotatable bonds is 4. The van der Waals surface area contributed by atoms with Crippen molar-refractivity contribution in [3.05, 3.63) is 41.7 Å². The van der Waals surface area contributed by atoms with Crippen LogP contribution in [0.4, 0.5) is 6.01 Å². The van der Waals surface area contributed by atoms with Gasteiger partial charge in [0.05, 0.1) is 5.41 Å². The molecular formula is C16H21N3O. The second-order valence-electron chi connectivity index (χ2n) is 5.88. The minimum absolute atomic E-state index is 0.0678. The normalized spacial score (nSPS) is 17.6. The molecule has 106 valence electrons. The zero-order chi connectivity index (χ0) is 14.0. The van der Waals surface area contributed by atoms with Crippen LogP contribution < -0.4 is 5.32 Å². The average Bonchev–Trinajstić information content (AvgIpc) is 3.08. The highest BCUT2D eigenvalue weighted by molar-refractivity contribution is 5.35. The van der Waals surface area contributed by atoms with Crippen molar-refractivity contribution in [3.63, 3.8) is 0 Å². The SMILES string of the molecule is CC(C)Nc1nc(C2(c3ccccc3)CCCC2)no1. The summed E-state index contributed by atoms with van der Waals surface area (Å²) in [5.41, 5.74) is 1.23. The molecule has 1 aromatic heterocycles. The lowest BCUT2D eigenvalue weighted by atomic mass is 9.78. The van der Waals surface area contributed by atoms with E-state index in [0.29, 0.717) is 12.1 Å². The molecule has 1 aliphatic rings. The first kappa shape index (κ1) is 13.2. The zero-order valence-corrected chi connectivity index (χ0v) is 12.1. The van der Waals surface area contributed by atoms with Crippen molar-refractivity contribution in [2.24, 2.45) is 0 Å². The van der Waals surface area contributed by atoms with Gasteiger partial charge in [-0.1, -0.05) is 48.3 Å². The van der Waals surface area contributed by atoms with Crippen LogP contribution in [0.5, 0.6) is 0 Å². The molecule has 1 aromatic carbocycles. The highest BCUT2D eigenvalue weighted by Crippen LogP contribution is 2.45. The Morgan fingerprint density at radius 2 is 1.85 bits per heavy atom. The first-order valence-electron chi connectivity index (χ1n) is 7.37. The van der Waals surface area contributed by atoms with Crippen LogP contribution in [0.2, 0.25) is 0 Å². The Balaban J connectivity index is 1.97. The van der Waals surface area contributed by atoms with Gasteiger partial charge in [0.2, 0.25) is 0 Å². The van der Waals surface area contributed by atoms with Crippen molar-refractivity contribution in [3.8, 4) is 0 Å². The molecule has 1 aliphatic carbocycles. The largest absolute Gasteiger partial charge is 0.336 e. The summed E-state index contributed by atoms with van der Waals surface area (Å²) in [4.78, 5) is 4.59. The van der Waals surface area contributed by atoms with E-state index in [9.17, 15) is 0 Å². The smallest absolute Gasteiger partial charge is 0.321 e. The Morgan fingerprint density at radius 3 is 2.50 bits per heavy atom. The van der Waals surface area contributed by atoms with E-state index < -0.39 is 0 Å². The molecule has 0 aliphatic heterocycles. The summed E-state index contributed by atoms with van der Waals surface area (Å²) in [5.74, 6) is 0.823. The molecule has 2 aromatic rings. The van der Waals surface area contributed by atoms with Gasteiger partial charge in [-0.05, 0) is 32.3 Å². The van der Waals surface area contributed by atoms with Gasteiger partial charge in [-0.3, -0.25) is 0 Å². The van der Waals surface area contributed by atoms with Gasteiger partial charge < -0.3 is 9.84 Å². The lowest BCUT2D eigenvalue weighted by Crippen LogP contribution is -2.25. The predicted octanol–water partition coefficient (Wildman–Crippen LogP) is 3.75. The molecule has 0 amide bonds. The van der Waals surface area contributed by atoms with E-state index >= 15 is 0 Å². The summed E-state index contributed by atoms with van der Waals surface area (Å²) in [6, 6.07) is 11.4. The van der Waals surface area contributed by atoms with E-state index in [-0.39, 0.29) is 5.41 Å². The number of hydrogen-bond acceptors (Lipinski definition) is 4. The Hall–Kier alpha value is -1.84. The summed E-state index contributed by atoms with van der Waals surface area (Å²) in [7, 11) is 0. The van der Waals surface area contributed by atoms with Gasteiger partial charge in [-0.15, -0.1) is 0 Å². The van der Waals surface area contributed by atoms with Gasteiger partial charge in [-0.25, -0.2) is 0 Å². The van der Waals surface area contributed by atoms with E-state index in [1.165, 1.54) is 18.4 Å². The second kappa shape index (κ2) is 5.27. The third-order valence-electron chi connectivity index (χ3n) is 4.05. The molecule has 0 unspecified atom stereocenters. The van der Waals surface area contributed by atoms with Crippen molar-refractivity contribution >= 4 is 6.01 Å². The zero-order valence-electron chi connectivity index (χ0n) is 12.1. The summed E-state index contributed by atoms with van der Waals surface area (Å²) in [5, 5.41) is 7.43. The maximum absolute atomic E-state index is 5.36. The first-order chi connectivity index (χ1) is 9.71. The maximum Gasteiger partial charge on any atom is 0.321 e. The minimum atomic E-state index is -0.0678. The van der Waals surface area contributed by atoms with Crippen LogP contribution in [0.1, 0.15) is 50.9 Å². The molecule has 1 N–H and O–H groups in total. The third kappa shape index (κ3) is 2.30. The molecule has 1 fully saturated rings. The first-order valence-corrected chi connectivity index (χ1v) is 7.37. The maximum atomic E-state index is 5.36. The molecule has 20 heavy (non-hydrogen) atoms. The summed E-state index contributed by atoms with van der Waals surface area (Å²) < 4.78 is 5.36. The van der Waals surface area contributed by atoms with Crippen LogP contribution in [0, 0.1) is 0 Å². The number of hydrogen-bond donors (Lipinski definition) is 1. The van der Waals surface area contributed by atoms with Crippen molar-refractivity contribution in [2.45, 2.75) is 51.0 Å². The number of nitrogens with one attached hydrogen (secondary N) is 1. The average molecular weight is 271 g/mol. The van der Waals surface area contributed by atoms with Crippen LogP contribution in [-0.2, 0) is 5.41 Å². The molecule has 1 heterocycles. The molecule has 0 radical (unpaired) electrons. The molecule has 0 atom stereocenters.